The molecule has 0 amide bonds. The molecule has 0 fully saturated rings. The lowest BCUT2D eigenvalue weighted by molar-refractivity contribution is 0.668. The third kappa shape index (κ3) is 4.27. The van der Waals surface area contributed by atoms with Crippen LogP contribution in [-0.2, 0) is 0 Å². The van der Waals surface area contributed by atoms with Crippen molar-refractivity contribution < 1.29 is 8.83 Å². The topological polar surface area (TPSA) is 29.5 Å². The van der Waals surface area contributed by atoms with Gasteiger partial charge in [0, 0.05) is 48.4 Å². The minimum absolute atomic E-state index is 0.605. The van der Waals surface area contributed by atoms with Gasteiger partial charge in [0.25, 0.3) is 0 Å². The average Bonchev–Trinajstić information content (AvgIpc) is 3.62. The Bertz CT molecular complexity index is 2460. The summed E-state index contributed by atoms with van der Waals surface area (Å²) < 4.78 is 12.4. The van der Waals surface area contributed by atoms with Crippen LogP contribution in [0.4, 0.5) is 17.1 Å². The molecule has 0 aliphatic carbocycles. The third-order valence-corrected chi connectivity index (χ3v) is 8.99. The van der Waals surface area contributed by atoms with Crippen molar-refractivity contribution in [1.29, 1.82) is 0 Å². The SMILES string of the molecule is Clc1cc(Cl)cc(-c2ccc(N(c3ccc4oc5ccccc5c4c3)c3ccc4oc5ccccc5c4c3)c3ccccc23)c1. The molecule has 0 spiro atoms. The highest BCUT2D eigenvalue weighted by molar-refractivity contribution is 6.35. The second kappa shape index (κ2) is 10.2. The van der Waals surface area contributed by atoms with Crippen LogP contribution in [0.5, 0.6) is 0 Å². The summed E-state index contributed by atoms with van der Waals surface area (Å²) in [5, 5.41) is 7.72. The molecule has 2 aromatic heterocycles. The molecule has 0 bridgehead atoms. The normalized spacial score (nSPS) is 11.8. The first-order chi connectivity index (χ1) is 22.1. The molecule has 0 aliphatic rings. The van der Waals surface area contributed by atoms with Crippen molar-refractivity contribution >= 4 is 94.9 Å². The first kappa shape index (κ1) is 26.2. The molecule has 214 valence electrons. The number of furan rings is 2. The van der Waals surface area contributed by atoms with Gasteiger partial charge in [-0.3, -0.25) is 0 Å². The van der Waals surface area contributed by atoms with E-state index in [0.717, 1.165) is 82.8 Å². The molecule has 3 nitrogen and oxygen atoms in total. The number of hydrogen-bond donors (Lipinski definition) is 0. The number of nitrogens with zero attached hydrogens (tertiary/aromatic N) is 1. The molecule has 0 radical (unpaired) electrons. The van der Waals surface area contributed by atoms with E-state index in [1.54, 1.807) is 6.07 Å². The fraction of sp³-hybridized carbons (Fsp3) is 0. The zero-order valence-corrected chi connectivity index (χ0v) is 25.3. The maximum atomic E-state index is 6.44. The Morgan fingerprint density at radius 2 is 0.889 bits per heavy atom. The summed E-state index contributed by atoms with van der Waals surface area (Å²) in [6, 6.07) is 47.7. The summed E-state index contributed by atoms with van der Waals surface area (Å²) in [4.78, 5) is 2.32. The van der Waals surface area contributed by atoms with E-state index < -0.39 is 0 Å². The average molecular weight is 621 g/mol. The van der Waals surface area contributed by atoms with Crippen LogP contribution in [0.15, 0.2) is 148 Å². The van der Waals surface area contributed by atoms with E-state index in [2.05, 4.69) is 89.8 Å². The van der Waals surface area contributed by atoms with Gasteiger partial charge < -0.3 is 13.7 Å². The fourth-order valence-corrected chi connectivity index (χ4v) is 7.10. The number of benzene rings is 7. The van der Waals surface area contributed by atoms with Crippen molar-refractivity contribution in [2.75, 3.05) is 4.90 Å². The number of hydrogen-bond acceptors (Lipinski definition) is 3. The molecule has 2 heterocycles. The Labute approximate surface area is 268 Å². The van der Waals surface area contributed by atoms with Gasteiger partial charge in [-0.2, -0.15) is 0 Å². The van der Waals surface area contributed by atoms with Gasteiger partial charge in [0.15, 0.2) is 0 Å². The molecule has 9 rings (SSSR count). The lowest BCUT2D eigenvalue weighted by Crippen LogP contribution is -2.10. The Morgan fingerprint density at radius 3 is 1.47 bits per heavy atom. The maximum absolute atomic E-state index is 6.44. The van der Waals surface area contributed by atoms with Gasteiger partial charge in [-0.25, -0.2) is 0 Å². The Balaban J connectivity index is 1.33. The number of anilines is 3. The summed E-state index contributed by atoms with van der Waals surface area (Å²) in [6.07, 6.45) is 0. The highest BCUT2D eigenvalue weighted by Crippen LogP contribution is 2.45. The first-order valence-corrected chi connectivity index (χ1v) is 15.5. The van der Waals surface area contributed by atoms with Crippen LogP contribution in [0.25, 0.3) is 65.8 Å². The van der Waals surface area contributed by atoms with Gasteiger partial charge in [0.1, 0.15) is 22.3 Å². The van der Waals surface area contributed by atoms with E-state index >= 15 is 0 Å². The van der Waals surface area contributed by atoms with Crippen molar-refractivity contribution in [3.8, 4) is 11.1 Å². The van der Waals surface area contributed by atoms with E-state index in [0.29, 0.717) is 10.0 Å². The van der Waals surface area contributed by atoms with Crippen LogP contribution in [0, 0.1) is 0 Å². The predicted molar refractivity (Wildman–Crippen MR) is 189 cm³/mol. The summed E-state index contributed by atoms with van der Waals surface area (Å²) >= 11 is 12.9. The molecule has 0 saturated heterocycles. The quantitative estimate of drug-likeness (QED) is 0.196. The number of fused-ring (bicyclic) bond motifs is 7. The highest BCUT2D eigenvalue weighted by atomic mass is 35.5. The Morgan fingerprint density at radius 1 is 0.400 bits per heavy atom. The summed E-state index contributed by atoms with van der Waals surface area (Å²) in [7, 11) is 0. The molecule has 7 aromatic carbocycles. The van der Waals surface area contributed by atoms with Crippen LogP contribution in [-0.4, -0.2) is 0 Å². The van der Waals surface area contributed by atoms with Crippen LogP contribution in [0.1, 0.15) is 0 Å². The number of para-hydroxylation sites is 2. The van der Waals surface area contributed by atoms with E-state index in [9.17, 15) is 0 Å². The van der Waals surface area contributed by atoms with E-state index in [1.807, 2.05) is 48.5 Å². The molecular weight excluding hydrogens is 597 g/mol. The molecule has 45 heavy (non-hydrogen) atoms. The Hall–Kier alpha value is -5.22. The van der Waals surface area contributed by atoms with Gasteiger partial charge in [-0.15, -0.1) is 0 Å². The zero-order chi connectivity index (χ0) is 30.1. The summed E-state index contributed by atoms with van der Waals surface area (Å²) in [6.45, 7) is 0. The van der Waals surface area contributed by atoms with Crippen LogP contribution in [0.2, 0.25) is 10.0 Å². The fourth-order valence-electron chi connectivity index (χ4n) is 6.57. The van der Waals surface area contributed by atoms with Crippen LogP contribution >= 0.6 is 23.2 Å². The van der Waals surface area contributed by atoms with Gasteiger partial charge in [-0.1, -0.05) is 89.9 Å². The van der Waals surface area contributed by atoms with Gasteiger partial charge >= 0.3 is 0 Å². The van der Waals surface area contributed by atoms with Crippen molar-refractivity contribution in [1.82, 2.24) is 0 Å². The summed E-state index contributed by atoms with van der Waals surface area (Å²) in [5.41, 5.74) is 8.57. The monoisotopic (exact) mass is 619 g/mol. The maximum Gasteiger partial charge on any atom is 0.135 e. The first-order valence-electron chi connectivity index (χ1n) is 14.7. The molecule has 0 unspecified atom stereocenters. The highest BCUT2D eigenvalue weighted by Gasteiger charge is 2.20. The van der Waals surface area contributed by atoms with Crippen molar-refractivity contribution in [3.63, 3.8) is 0 Å². The van der Waals surface area contributed by atoms with Gasteiger partial charge in [0.2, 0.25) is 0 Å². The second-order valence-corrected chi connectivity index (χ2v) is 12.1. The van der Waals surface area contributed by atoms with Crippen molar-refractivity contribution in [3.05, 3.63) is 150 Å². The zero-order valence-electron chi connectivity index (χ0n) is 23.8. The van der Waals surface area contributed by atoms with Crippen molar-refractivity contribution in [2.45, 2.75) is 0 Å². The Kier molecular flexibility index (Phi) is 5.92. The molecular formula is C40H23Cl2NO2. The largest absolute Gasteiger partial charge is 0.456 e. The lowest BCUT2D eigenvalue weighted by Gasteiger charge is -2.27. The summed E-state index contributed by atoms with van der Waals surface area (Å²) in [5.74, 6) is 0. The smallest absolute Gasteiger partial charge is 0.135 e. The minimum Gasteiger partial charge on any atom is -0.456 e. The minimum atomic E-state index is 0.605. The molecule has 0 atom stereocenters. The lowest BCUT2D eigenvalue weighted by atomic mass is 9.96. The van der Waals surface area contributed by atoms with Crippen molar-refractivity contribution in [2.24, 2.45) is 0 Å². The standard InChI is InChI=1S/C40H23Cl2NO2/c41-25-19-24(20-26(42)21-25)29-15-16-36(31-8-2-1-7-30(29)31)43(27-13-17-39-34(22-27)32-9-3-5-11-37(32)44-39)28-14-18-40-35(23-28)33-10-4-6-12-38(33)45-40/h1-23H. The van der Waals surface area contributed by atoms with E-state index in [-0.39, 0.29) is 0 Å². The molecule has 0 N–H and O–H groups in total. The number of rotatable bonds is 4. The second-order valence-electron chi connectivity index (χ2n) is 11.2. The van der Waals surface area contributed by atoms with Crippen LogP contribution in [0.3, 0.4) is 0 Å². The third-order valence-electron chi connectivity index (χ3n) is 8.55. The predicted octanol–water partition coefficient (Wildman–Crippen LogP) is 13.1. The van der Waals surface area contributed by atoms with E-state index in [1.165, 1.54) is 0 Å². The van der Waals surface area contributed by atoms with Gasteiger partial charge in [0.05, 0.1) is 5.69 Å². The molecule has 0 saturated carbocycles. The number of halogens is 2. The van der Waals surface area contributed by atoms with Gasteiger partial charge in [-0.05, 0) is 89.3 Å². The molecule has 5 heteroatoms. The molecule has 0 aliphatic heterocycles. The van der Waals surface area contributed by atoms with E-state index in [4.69, 9.17) is 32.0 Å². The molecule has 9 aromatic rings. The van der Waals surface area contributed by atoms with Crippen LogP contribution < -0.4 is 4.90 Å².